The molecule has 10 heteroatoms. The molecular weight excluding hydrogens is 478 g/mol. The van der Waals surface area contributed by atoms with Crippen LogP contribution in [0.1, 0.15) is 17.4 Å². The number of ketones is 1. The molecule has 9 nitrogen and oxygen atoms in total. The summed E-state index contributed by atoms with van der Waals surface area (Å²) < 4.78 is 26.8. The normalized spacial score (nSPS) is 16.9. The number of rotatable bonds is 7. The van der Waals surface area contributed by atoms with Crippen LogP contribution in [0.15, 0.2) is 58.7 Å². The van der Waals surface area contributed by atoms with Crippen molar-refractivity contribution in [3.8, 4) is 23.0 Å². The van der Waals surface area contributed by atoms with Gasteiger partial charge in [-0.25, -0.2) is 0 Å². The minimum absolute atomic E-state index is 0.121. The third kappa shape index (κ3) is 4.04. The van der Waals surface area contributed by atoms with Gasteiger partial charge in [-0.05, 0) is 30.3 Å². The SMILES string of the molecule is COc1cc(/C(O)=C2\C(=O)C(=O)N(c3ccc(OC)c(OC)c3)C2c2ccco2)c(OC)cc1Cl. The molecule has 1 aliphatic rings. The summed E-state index contributed by atoms with van der Waals surface area (Å²) in [6.45, 7) is 0. The first kappa shape index (κ1) is 24.0. The monoisotopic (exact) mass is 499 g/mol. The number of methoxy groups -OCH3 is 4. The molecule has 1 aromatic heterocycles. The molecule has 2 heterocycles. The molecule has 1 amide bonds. The van der Waals surface area contributed by atoms with Crippen molar-refractivity contribution in [2.75, 3.05) is 33.3 Å². The predicted molar refractivity (Wildman–Crippen MR) is 128 cm³/mol. The number of nitrogens with zero attached hydrogens (tertiary/aromatic N) is 1. The molecule has 2 aromatic carbocycles. The van der Waals surface area contributed by atoms with Crippen LogP contribution in [0.2, 0.25) is 5.02 Å². The van der Waals surface area contributed by atoms with E-state index in [0.29, 0.717) is 17.2 Å². The van der Waals surface area contributed by atoms with Crippen molar-refractivity contribution in [2.24, 2.45) is 0 Å². The Morgan fingerprint density at radius 2 is 1.60 bits per heavy atom. The average Bonchev–Trinajstić information content (AvgIpc) is 3.49. The van der Waals surface area contributed by atoms with Crippen LogP contribution in [-0.4, -0.2) is 45.2 Å². The molecule has 1 N–H and O–H groups in total. The Balaban J connectivity index is 1.96. The number of amides is 1. The van der Waals surface area contributed by atoms with Crippen LogP contribution in [0.3, 0.4) is 0 Å². The number of hydrogen-bond acceptors (Lipinski definition) is 8. The molecule has 1 saturated heterocycles. The lowest BCUT2D eigenvalue weighted by atomic mass is 9.98. The van der Waals surface area contributed by atoms with E-state index in [9.17, 15) is 14.7 Å². The average molecular weight is 500 g/mol. The Labute approximate surface area is 206 Å². The highest BCUT2D eigenvalue weighted by Crippen LogP contribution is 2.46. The summed E-state index contributed by atoms with van der Waals surface area (Å²) >= 11 is 6.19. The topological polar surface area (TPSA) is 108 Å². The van der Waals surface area contributed by atoms with Crippen molar-refractivity contribution in [1.82, 2.24) is 0 Å². The molecule has 1 atom stereocenters. The van der Waals surface area contributed by atoms with Crippen molar-refractivity contribution >= 4 is 34.7 Å². The maximum absolute atomic E-state index is 13.3. The van der Waals surface area contributed by atoms with Crippen LogP contribution in [0, 0.1) is 0 Å². The van der Waals surface area contributed by atoms with Crippen LogP contribution in [-0.2, 0) is 9.59 Å². The quantitative estimate of drug-likeness (QED) is 0.285. The van der Waals surface area contributed by atoms with E-state index < -0.39 is 23.5 Å². The lowest BCUT2D eigenvalue weighted by Gasteiger charge is -2.24. The molecule has 0 aliphatic carbocycles. The van der Waals surface area contributed by atoms with E-state index in [1.807, 2.05) is 0 Å². The molecule has 0 saturated carbocycles. The fourth-order valence-corrected chi connectivity index (χ4v) is 4.21. The predicted octanol–water partition coefficient (Wildman–Crippen LogP) is 4.59. The van der Waals surface area contributed by atoms with Crippen molar-refractivity contribution < 1.29 is 38.1 Å². The molecule has 1 aliphatic heterocycles. The highest BCUT2D eigenvalue weighted by molar-refractivity contribution is 6.51. The van der Waals surface area contributed by atoms with Gasteiger partial charge in [0.2, 0.25) is 0 Å². The van der Waals surface area contributed by atoms with Crippen molar-refractivity contribution in [3.63, 3.8) is 0 Å². The second-order valence-electron chi connectivity index (χ2n) is 7.41. The number of ether oxygens (including phenoxy) is 4. The van der Waals surface area contributed by atoms with Crippen LogP contribution in [0.4, 0.5) is 5.69 Å². The van der Waals surface area contributed by atoms with E-state index in [-0.39, 0.29) is 33.4 Å². The number of halogens is 1. The number of anilines is 1. The summed E-state index contributed by atoms with van der Waals surface area (Å²) in [6, 6.07) is 9.81. The lowest BCUT2D eigenvalue weighted by molar-refractivity contribution is -0.132. The first-order valence-corrected chi connectivity index (χ1v) is 10.7. The third-order valence-electron chi connectivity index (χ3n) is 5.63. The smallest absolute Gasteiger partial charge is 0.300 e. The number of furan rings is 1. The molecule has 4 rings (SSSR count). The van der Waals surface area contributed by atoms with Gasteiger partial charge in [0.05, 0.1) is 50.9 Å². The first-order chi connectivity index (χ1) is 16.9. The number of Topliss-reactive ketones (excluding diaryl/α,β-unsaturated/α-hetero) is 1. The summed E-state index contributed by atoms with van der Waals surface area (Å²) in [4.78, 5) is 27.8. The summed E-state index contributed by atoms with van der Waals surface area (Å²) in [5, 5.41) is 11.6. The number of aliphatic hydroxyl groups excluding tert-OH is 1. The second kappa shape index (κ2) is 9.63. The Morgan fingerprint density at radius 3 is 2.20 bits per heavy atom. The van der Waals surface area contributed by atoms with Crippen molar-refractivity contribution in [1.29, 1.82) is 0 Å². The van der Waals surface area contributed by atoms with E-state index in [1.165, 1.54) is 51.7 Å². The molecule has 0 spiro atoms. The van der Waals surface area contributed by atoms with Crippen LogP contribution < -0.4 is 23.8 Å². The number of aliphatic hydroxyl groups is 1. The van der Waals surface area contributed by atoms with Crippen LogP contribution >= 0.6 is 11.6 Å². The summed E-state index contributed by atoms with van der Waals surface area (Å²) in [6.07, 6.45) is 1.41. The summed E-state index contributed by atoms with van der Waals surface area (Å²) in [5.41, 5.74) is 0.267. The zero-order valence-corrected chi connectivity index (χ0v) is 20.1. The molecule has 182 valence electrons. The van der Waals surface area contributed by atoms with E-state index in [1.54, 1.807) is 30.3 Å². The molecule has 0 radical (unpaired) electrons. The molecule has 1 fully saturated rings. The third-order valence-corrected chi connectivity index (χ3v) is 5.93. The van der Waals surface area contributed by atoms with E-state index in [0.717, 1.165) is 0 Å². The minimum atomic E-state index is -1.07. The first-order valence-electron chi connectivity index (χ1n) is 10.3. The van der Waals surface area contributed by atoms with Crippen molar-refractivity contribution in [3.05, 3.63) is 70.6 Å². The highest BCUT2D eigenvalue weighted by atomic mass is 35.5. The molecule has 3 aromatic rings. The lowest BCUT2D eigenvalue weighted by Crippen LogP contribution is -2.29. The van der Waals surface area contributed by atoms with Gasteiger partial charge in [-0.3, -0.25) is 14.5 Å². The number of benzene rings is 2. The van der Waals surface area contributed by atoms with Gasteiger partial charge in [-0.15, -0.1) is 0 Å². The van der Waals surface area contributed by atoms with Crippen molar-refractivity contribution in [2.45, 2.75) is 6.04 Å². The molecule has 1 unspecified atom stereocenters. The number of carbonyl (C=O) groups is 2. The van der Waals surface area contributed by atoms with Gasteiger partial charge >= 0.3 is 0 Å². The molecule has 0 bridgehead atoms. The Hall–Kier alpha value is -4.11. The zero-order chi connectivity index (χ0) is 25.3. The fourth-order valence-electron chi connectivity index (χ4n) is 3.98. The molecular formula is C25H22ClNO8. The van der Waals surface area contributed by atoms with Gasteiger partial charge in [0.15, 0.2) is 11.5 Å². The highest BCUT2D eigenvalue weighted by Gasteiger charge is 2.48. The number of carbonyl (C=O) groups excluding carboxylic acids is 2. The zero-order valence-electron chi connectivity index (χ0n) is 19.3. The minimum Gasteiger partial charge on any atom is -0.507 e. The van der Waals surface area contributed by atoms with Crippen LogP contribution in [0.25, 0.3) is 5.76 Å². The fraction of sp³-hybridized carbons (Fsp3) is 0.200. The largest absolute Gasteiger partial charge is 0.507 e. The van der Waals surface area contributed by atoms with Gasteiger partial charge in [0, 0.05) is 17.8 Å². The second-order valence-corrected chi connectivity index (χ2v) is 7.82. The number of hydrogen-bond donors (Lipinski definition) is 1. The van der Waals surface area contributed by atoms with Gasteiger partial charge in [-0.2, -0.15) is 0 Å². The maximum Gasteiger partial charge on any atom is 0.300 e. The standard InChI is InChI=1S/C25H22ClNO8/c1-31-16-8-7-13(10-20(16)34-4)27-22(17-6-5-9-35-17)21(24(29)25(27)30)23(28)14-11-19(33-3)15(26)12-18(14)32-2/h5-12,22,28H,1-4H3/b23-21+. The summed E-state index contributed by atoms with van der Waals surface area (Å²) in [7, 11) is 5.75. The van der Waals surface area contributed by atoms with E-state index in [4.69, 9.17) is 35.0 Å². The van der Waals surface area contributed by atoms with E-state index >= 15 is 0 Å². The Bertz CT molecular complexity index is 1320. The van der Waals surface area contributed by atoms with E-state index in [2.05, 4.69) is 0 Å². The molecule has 35 heavy (non-hydrogen) atoms. The van der Waals surface area contributed by atoms with Gasteiger partial charge in [-0.1, -0.05) is 11.6 Å². The Morgan fingerprint density at radius 1 is 0.914 bits per heavy atom. The van der Waals surface area contributed by atoms with Gasteiger partial charge < -0.3 is 28.5 Å². The maximum atomic E-state index is 13.3. The summed E-state index contributed by atoms with van der Waals surface area (Å²) in [5.74, 6) is -0.745. The van der Waals surface area contributed by atoms with Gasteiger partial charge in [0.1, 0.15) is 29.1 Å². The van der Waals surface area contributed by atoms with Gasteiger partial charge in [0.25, 0.3) is 11.7 Å². The Kier molecular flexibility index (Phi) is 6.61. The van der Waals surface area contributed by atoms with Crippen LogP contribution in [0.5, 0.6) is 23.0 Å².